The smallest absolute Gasteiger partial charge is 0.394 e. The van der Waals surface area contributed by atoms with Gasteiger partial charge in [0, 0.05) is 34.4 Å². The summed E-state index contributed by atoms with van der Waals surface area (Å²) < 4.78 is 26.2. The van der Waals surface area contributed by atoms with Crippen molar-refractivity contribution < 1.29 is 27.4 Å². The van der Waals surface area contributed by atoms with Gasteiger partial charge in [-0.1, -0.05) is 0 Å². The number of nitrogens with one attached hydrogen (secondary N) is 1. The average Bonchev–Trinajstić information content (AvgIpc) is 2.23. The van der Waals surface area contributed by atoms with Gasteiger partial charge in [-0.05, 0) is 19.4 Å². The van der Waals surface area contributed by atoms with Gasteiger partial charge >= 0.3 is 17.0 Å². The minimum Gasteiger partial charge on any atom is -0.394 e. The average molecular weight is 416 g/mol. The van der Waals surface area contributed by atoms with E-state index in [0.29, 0.717) is 19.1 Å². The van der Waals surface area contributed by atoms with E-state index in [1.54, 1.807) is 0 Å². The summed E-state index contributed by atoms with van der Waals surface area (Å²) in [5, 5.41) is 2.12. The molecule has 0 heterocycles. The molecular weight excluding hydrogens is 400 g/mol. The van der Waals surface area contributed by atoms with Crippen LogP contribution < -0.4 is 5.09 Å². The summed E-state index contributed by atoms with van der Waals surface area (Å²) in [5.41, 5.74) is 0. The van der Waals surface area contributed by atoms with E-state index in [1.165, 1.54) is 9.21 Å². The maximum atomic E-state index is 10.5. The molecular formula is C6H16INO6PSSi. The fourth-order valence-electron chi connectivity index (χ4n) is 0.912. The Bertz CT molecular complexity index is 235. The predicted molar refractivity (Wildman–Crippen MR) is 75.5 cm³/mol. The van der Waals surface area contributed by atoms with Crippen molar-refractivity contribution in [2.75, 3.05) is 19.9 Å². The summed E-state index contributed by atoms with van der Waals surface area (Å²) in [5.74, 6) is 0. The lowest BCUT2D eigenvalue weighted by Crippen LogP contribution is -2.25. The van der Waals surface area contributed by atoms with Crippen LogP contribution in [0.15, 0.2) is 0 Å². The van der Waals surface area contributed by atoms with E-state index in [1.807, 2.05) is 28.1 Å². The third-order valence-corrected chi connectivity index (χ3v) is 4.89. The van der Waals surface area contributed by atoms with E-state index >= 15 is 0 Å². The first-order chi connectivity index (χ1) is 7.99. The molecule has 0 aromatic carbocycles. The predicted octanol–water partition coefficient (Wildman–Crippen LogP) is 1.57. The van der Waals surface area contributed by atoms with Crippen LogP contribution in [0.5, 0.6) is 0 Å². The second-order valence-corrected chi connectivity index (χ2v) is 7.47. The van der Waals surface area contributed by atoms with Gasteiger partial charge in [0.05, 0.1) is 9.21 Å². The zero-order chi connectivity index (χ0) is 13.1. The second kappa shape index (κ2) is 11.1. The number of hydrogen-bond donors (Lipinski definition) is 3. The van der Waals surface area contributed by atoms with Crippen molar-refractivity contribution in [3.05, 3.63) is 0 Å². The topological polar surface area (TPSA) is 97.3 Å². The molecule has 103 valence electrons. The first kappa shape index (κ1) is 18.3. The molecule has 0 aromatic heterocycles. The molecule has 0 aromatic rings. The van der Waals surface area contributed by atoms with Crippen LogP contribution in [0, 0.1) is 0 Å². The molecule has 0 saturated carbocycles. The van der Waals surface area contributed by atoms with Crippen LogP contribution in [-0.4, -0.2) is 39.0 Å². The molecule has 0 unspecified atom stereocenters. The van der Waals surface area contributed by atoms with Gasteiger partial charge in [0.1, 0.15) is 0 Å². The van der Waals surface area contributed by atoms with Gasteiger partial charge in [0.15, 0.2) is 6.79 Å². The summed E-state index contributed by atoms with van der Waals surface area (Å²) in [7, 11) is -4.35. The molecule has 11 heteroatoms. The standard InChI is InChI=1S/C6H16INO6PSSi/c1-2-13-17(14-6-12-16-7)5-3-4-8-15(9,10)11/h2-6H2,1H3,(H3,8,9,10,11). The van der Waals surface area contributed by atoms with Gasteiger partial charge in [0.2, 0.25) is 0 Å². The van der Waals surface area contributed by atoms with Crippen molar-refractivity contribution >= 4 is 47.4 Å². The number of hydrogen-bond acceptors (Lipinski definition) is 5. The van der Waals surface area contributed by atoms with Crippen LogP contribution in [0.3, 0.4) is 0 Å². The number of rotatable bonds is 11. The third kappa shape index (κ3) is 13.5. The summed E-state index contributed by atoms with van der Waals surface area (Å²) in [6.07, 6.45) is 0.580. The van der Waals surface area contributed by atoms with Crippen molar-refractivity contribution in [3.8, 4) is 0 Å². The maximum absolute atomic E-state index is 10.5. The van der Waals surface area contributed by atoms with Crippen LogP contribution in [0.1, 0.15) is 13.3 Å². The minimum atomic E-state index is -4.12. The van der Waals surface area contributed by atoms with Crippen molar-refractivity contribution in [2.24, 2.45) is 0 Å². The first-order valence-electron chi connectivity index (χ1n) is 4.82. The van der Waals surface area contributed by atoms with Crippen molar-refractivity contribution in [1.82, 2.24) is 5.09 Å². The Kier molecular flexibility index (Phi) is 12.0. The highest BCUT2D eigenvalue weighted by molar-refractivity contribution is 14.2. The molecule has 0 saturated heterocycles. The van der Waals surface area contributed by atoms with Crippen LogP contribution >= 0.6 is 38.2 Å². The molecule has 7 nitrogen and oxygen atoms in total. The van der Waals surface area contributed by atoms with Crippen LogP contribution in [0.4, 0.5) is 0 Å². The fraction of sp³-hybridized carbons (Fsp3) is 1.00. The molecule has 0 aliphatic rings. The van der Waals surface area contributed by atoms with E-state index < -0.39 is 17.0 Å². The summed E-state index contributed by atoms with van der Waals surface area (Å²) in [6.45, 7) is 2.82. The van der Waals surface area contributed by atoms with Crippen LogP contribution in [0.25, 0.3) is 0 Å². The Morgan fingerprint density at radius 3 is 2.71 bits per heavy atom. The van der Waals surface area contributed by atoms with Gasteiger partial charge in [-0.3, -0.25) is 4.18 Å². The zero-order valence-corrected chi connectivity index (χ0v) is 14.2. The van der Waals surface area contributed by atoms with Crippen LogP contribution in [0.2, 0.25) is 6.04 Å². The van der Waals surface area contributed by atoms with E-state index in [9.17, 15) is 4.57 Å². The molecule has 0 rings (SSSR count). The lowest BCUT2D eigenvalue weighted by Gasteiger charge is -2.13. The maximum Gasteiger partial charge on any atom is 0.400 e. The summed E-state index contributed by atoms with van der Waals surface area (Å²) >= 11 is 1.99. The minimum absolute atomic E-state index is 0.161. The molecule has 0 aliphatic carbocycles. The van der Waals surface area contributed by atoms with Crippen molar-refractivity contribution in [1.29, 1.82) is 0 Å². The monoisotopic (exact) mass is 416 g/mol. The Balaban J connectivity index is 3.65. The lowest BCUT2D eigenvalue weighted by molar-refractivity contribution is 0.103. The molecule has 3 N–H and O–H groups in total. The lowest BCUT2D eigenvalue weighted by atomic mass is 10.5. The summed E-state index contributed by atoms with van der Waals surface area (Å²) in [6, 6.07) is 0.640. The molecule has 17 heavy (non-hydrogen) atoms. The summed E-state index contributed by atoms with van der Waals surface area (Å²) in [4.78, 5) is 17.2. The highest BCUT2D eigenvalue weighted by Crippen LogP contribution is 2.27. The van der Waals surface area contributed by atoms with Gasteiger partial charge in [0.25, 0.3) is 0 Å². The normalized spacial score (nSPS) is 12.3. The Hall–Kier alpha value is 1.29. The van der Waals surface area contributed by atoms with E-state index in [0.717, 1.165) is 0 Å². The zero-order valence-electron chi connectivity index (χ0n) is 9.30. The van der Waals surface area contributed by atoms with E-state index in [2.05, 4.69) is 5.09 Å². The third-order valence-electron chi connectivity index (χ3n) is 1.49. The molecule has 0 atom stereocenters. The van der Waals surface area contributed by atoms with E-state index in [-0.39, 0.29) is 13.3 Å². The Labute approximate surface area is 119 Å². The molecule has 1 radical (unpaired) electrons. The highest BCUT2D eigenvalue weighted by Gasteiger charge is 2.16. The van der Waals surface area contributed by atoms with Gasteiger partial charge in [-0.15, -0.1) is 0 Å². The van der Waals surface area contributed by atoms with Crippen molar-refractivity contribution in [2.45, 2.75) is 19.4 Å². The molecule has 0 spiro atoms. The van der Waals surface area contributed by atoms with Gasteiger partial charge in [-0.2, -0.15) is 0 Å². The van der Waals surface area contributed by atoms with Crippen molar-refractivity contribution in [3.63, 3.8) is 0 Å². The van der Waals surface area contributed by atoms with Gasteiger partial charge in [-0.25, -0.2) is 9.65 Å². The fourth-order valence-corrected chi connectivity index (χ4v) is 3.19. The molecule has 0 aliphatic heterocycles. The molecule has 0 fully saturated rings. The number of halogens is 1. The SMILES string of the molecule is CCO[Si](CCCNP(=O)(O)O)OCOSI. The Morgan fingerprint density at radius 2 is 2.18 bits per heavy atom. The quantitative estimate of drug-likeness (QED) is 0.117. The second-order valence-electron chi connectivity index (χ2n) is 2.80. The first-order valence-corrected chi connectivity index (χ1v) is 11.2. The Morgan fingerprint density at radius 1 is 1.47 bits per heavy atom. The van der Waals surface area contributed by atoms with Crippen LogP contribution in [-0.2, 0) is 17.6 Å². The molecule has 0 bridgehead atoms. The van der Waals surface area contributed by atoms with Gasteiger partial charge < -0.3 is 18.6 Å². The molecule has 0 amide bonds. The largest absolute Gasteiger partial charge is 0.400 e. The highest BCUT2D eigenvalue weighted by atomic mass is 127. The van der Waals surface area contributed by atoms with E-state index in [4.69, 9.17) is 22.8 Å².